The minimum atomic E-state index is -0.0260. The molecule has 2 aromatic carbocycles. The molecule has 0 aromatic heterocycles. The van der Waals surface area contributed by atoms with Gasteiger partial charge in [-0.15, -0.1) is 0 Å². The van der Waals surface area contributed by atoms with Crippen molar-refractivity contribution in [1.29, 1.82) is 0 Å². The third-order valence-corrected chi connectivity index (χ3v) is 2.75. The van der Waals surface area contributed by atoms with Crippen molar-refractivity contribution in [3.63, 3.8) is 0 Å². The fourth-order valence-corrected chi connectivity index (χ4v) is 1.70. The predicted octanol–water partition coefficient (Wildman–Crippen LogP) is 2.80. The lowest BCUT2D eigenvalue weighted by atomic mass is 10.0. The summed E-state index contributed by atoms with van der Waals surface area (Å²) in [6.45, 7) is 2.00. The highest BCUT2D eigenvalue weighted by molar-refractivity contribution is 6.09. The van der Waals surface area contributed by atoms with Gasteiger partial charge < -0.3 is 4.74 Å². The van der Waals surface area contributed by atoms with Gasteiger partial charge in [-0.25, -0.2) is 0 Å². The Labute approximate surface area is 111 Å². The van der Waals surface area contributed by atoms with Crippen molar-refractivity contribution in [3.05, 3.63) is 65.2 Å². The fraction of sp³-hybridized carbons (Fsp3) is 0.125. The first-order valence-corrected chi connectivity index (χ1v) is 5.98. The van der Waals surface area contributed by atoms with Gasteiger partial charge in [0.2, 0.25) is 0 Å². The van der Waals surface area contributed by atoms with Gasteiger partial charge in [-0.2, -0.15) is 0 Å². The Balaban J connectivity index is 2.15. The molecule has 96 valence electrons. The second-order valence-corrected chi connectivity index (χ2v) is 4.20. The summed E-state index contributed by atoms with van der Waals surface area (Å²) in [7, 11) is 0. The number of ether oxygens (including phenoxy) is 1. The molecule has 0 radical (unpaired) electrons. The third kappa shape index (κ3) is 3.28. The van der Waals surface area contributed by atoms with Crippen LogP contribution < -0.4 is 4.74 Å². The molecule has 0 heterocycles. The zero-order chi connectivity index (χ0) is 13.7. The molecule has 0 saturated heterocycles. The number of carbonyl (C=O) groups excluding carboxylic acids is 2. The van der Waals surface area contributed by atoms with Gasteiger partial charge in [0.25, 0.3) is 0 Å². The first-order valence-electron chi connectivity index (χ1n) is 5.98. The Morgan fingerprint density at radius 2 is 1.53 bits per heavy atom. The second kappa shape index (κ2) is 5.96. The summed E-state index contributed by atoms with van der Waals surface area (Å²) in [5.41, 5.74) is 2.38. The Morgan fingerprint density at radius 1 is 1.00 bits per heavy atom. The van der Waals surface area contributed by atoms with Crippen LogP contribution in [0.25, 0.3) is 0 Å². The van der Waals surface area contributed by atoms with Crippen molar-refractivity contribution in [2.45, 2.75) is 6.92 Å². The lowest BCUT2D eigenvalue weighted by Gasteiger charge is -2.04. The van der Waals surface area contributed by atoms with Gasteiger partial charge in [-0.1, -0.05) is 29.8 Å². The van der Waals surface area contributed by atoms with Gasteiger partial charge in [0.1, 0.15) is 12.4 Å². The van der Waals surface area contributed by atoms with E-state index in [0.29, 0.717) is 23.2 Å². The summed E-state index contributed by atoms with van der Waals surface area (Å²) in [5, 5.41) is 0. The Kier molecular flexibility index (Phi) is 4.08. The van der Waals surface area contributed by atoms with Crippen LogP contribution in [0.1, 0.15) is 21.5 Å². The molecule has 2 aromatic rings. The van der Waals surface area contributed by atoms with Crippen molar-refractivity contribution in [2.24, 2.45) is 0 Å². The van der Waals surface area contributed by atoms with Crippen LogP contribution in [0.2, 0.25) is 0 Å². The van der Waals surface area contributed by atoms with Gasteiger partial charge in [0.05, 0.1) is 0 Å². The molecule has 0 spiro atoms. The molecular formula is C16H14O3. The molecule has 0 aliphatic heterocycles. The molecule has 3 heteroatoms. The maximum atomic E-state index is 12.2. The number of aldehydes is 1. The SMILES string of the molecule is Cc1ccc(C(=O)c2ccc(OCC=O)cc2)cc1. The monoisotopic (exact) mass is 254 g/mol. The van der Waals surface area contributed by atoms with Crippen LogP contribution >= 0.6 is 0 Å². The predicted molar refractivity (Wildman–Crippen MR) is 72.6 cm³/mol. The van der Waals surface area contributed by atoms with Crippen molar-refractivity contribution in [2.75, 3.05) is 6.61 Å². The minimum absolute atomic E-state index is 0.0191. The average Bonchev–Trinajstić information content (AvgIpc) is 2.46. The minimum Gasteiger partial charge on any atom is -0.486 e. The van der Waals surface area contributed by atoms with E-state index < -0.39 is 0 Å². The number of carbonyl (C=O) groups is 2. The zero-order valence-electron chi connectivity index (χ0n) is 10.6. The highest BCUT2D eigenvalue weighted by atomic mass is 16.5. The zero-order valence-corrected chi connectivity index (χ0v) is 10.6. The standard InChI is InChI=1S/C16H14O3/c1-12-2-4-13(5-3-12)16(18)14-6-8-15(9-7-14)19-11-10-17/h2-10H,11H2,1H3. The molecule has 0 aliphatic rings. The van der Waals surface area contributed by atoms with Crippen molar-refractivity contribution in [3.8, 4) is 5.75 Å². The summed E-state index contributed by atoms with van der Waals surface area (Å²) in [5.74, 6) is 0.550. The molecule has 0 unspecified atom stereocenters. The third-order valence-electron chi connectivity index (χ3n) is 2.75. The average molecular weight is 254 g/mol. The van der Waals surface area contributed by atoms with Crippen LogP contribution in [-0.4, -0.2) is 18.7 Å². The molecule has 0 atom stereocenters. The van der Waals surface area contributed by atoms with E-state index in [4.69, 9.17) is 4.74 Å². The van der Waals surface area contributed by atoms with E-state index in [-0.39, 0.29) is 12.4 Å². The van der Waals surface area contributed by atoms with Crippen LogP contribution in [0, 0.1) is 6.92 Å². The van der Waals surface area contributed by atoms with E-state index in [1.807, 2.05) is 31.2 Å². The highest BCUT2D eigenvalue weighted by Crippen LogP contribution is 2.15. The molecule has 0 N–H and O–H groups in total. The first kappa shape index (κ1) is 13.0. The Hall–Kier alpha value is -2.42. The van der Waals surface area contributed by atoms with Gasteiger partial charge in [0, 0.05) is 11.1 Å². The smallest absolute Gasteiger partial charge is 0.193 e. The van der Waals surface area contributed by atoms with E-state index in [1.165, 1.54) is 0 Å². The van der Waals surface area contributed by atoms with Crippen LogP contribution in [0.5, 0.6) is 5.75 Å². The lowest BCUT2D eigenvalue weighted by molar-refractivity contribution is -0.109. The van der Waals surface area contributed by atoms with Crippen molar-refractivity contribution in [1.82, 2.24) is 0 Å². The molecule has 2 rings (SSSR count). The highest BCUT2D eigenvalue weighted by Gasteiger charge is 2.08. The normalized spacial score (nSPS) is 9.95. The fourth-order valence-electron chi connectivity index (χ4n) is 1.70. The number of hydrogen-bond acceptors (Lipinski definition) is 3. The van der Waals surface area contributed by atoms with E-state index >= 15 is 0 Å². The molecule has 0 aliphatic carbocycles. The summed E-state index contributed by atoms with van der Waals surface area (Å²) in [6, 6.07) is 14.2. The first-order chi connectivity index (χ1) is 9.20. The number of ketones is 1. The van der Waals surface area contributed by atoms with Gasteiger partial charge >= 0.3 is 0 Å². The summed E-state index contributed by atoms with van der Waals surface area (Å²) in [4.78, 5) is 22.4. The van der Waals surface area contributed by atoms with E-state index in [1.54, 1.807) is 24.3 Å². The van der Waals surface area contributed by atoms with Crippen LogP contribution in [0.4, 0.5) is 0 Å². The van der Waals surface area contributed by atoms with Gasteiger partial charge in [-0.05, 0) is 31.2 Å². The number of aryl methyl sites for hydroxylation is 1. The topological polar surface area (TPSA) is 43.4 Å². The van der Waals surface area contributed by atoms with Crippen LogP contribution in [0.15, 0.2) is 48.5 Å². The summed E-state index contributed by atoms with van der Waals surface area (Å²) < 4.78 is 5.13. The molecular weight excluding hydrogens is 240 g/mol. The van der Waals surface area contributed by atoms with Crippen molar-refractivity contribution >= 4 is 12.1 Å². The second-order valence-electron chi connectivity index (χ2n) is 4.20. The Morgan fingerprint density at radius 3 is 2.05 bits per heavy atom. The van der Waals surface area contributed by atoms with E-state index in [9.17, 15) is 9.59 Å². The molecule has 19 heavy (non-hydrogen) atoms. The Bertz CT molecular complexity index is 568. The maximum absolute atomic E-state index is 12.2. The van der Waals surface area contributed by atoms with Gasteiger partial charge in [0.15, 0.2) is 12.1 Å². The molecule has 0 amide bonds. The molecule has 3 nitrogen and oxygen atoms in total. The largest absolute Gasteiger partial charge is 0.486 e. The number of rotatable bonds is 5. The maximum Gasteiger partial charge on any atom is 0.193 e. The quantitative estimate of drug-likeness (QED) is 0.608. The number of benzene rings is 2. The summed E-state index contributed by atoms with van der Waals surface area (Å²) >= 11 is 0. The molecule has 0 fully saturated rings. The van der Waals surface area contributed by atoms with Gasteiger partial charge in [-0.3, -0.25) is 9.59 Å². The van der Waals surface area contributed by atoms with E-state index in [0.717, 1.165) is 5.56 Å². The van der Waals surface area contributed by atoms with Crippen molar-refractivity contribution < 1.29 is 14.3 Å². The summed E-state index contributed by atoms with van der Waals surface area (Å²) in [6.07, 6.45) is 0.686. The van der Waals surface area contributed by atoms with E-state index in [2.05, 4.69) is 0 Å². The molecule has 0 bridgehead atoms. The van der Waals surface area contributed by atoms with Crippen LogP contribution in [0.3, 0.4) is 0 Å². The molecule has 0 saturated carbocycles. The van der Waals surface area contributed by atoms with Crippen LogP contribution in [-0.2, 0) is 4.79 Å². The lowest BCUT2D eigenvalue weighted by Crippen LogP contribution is -2.02. The number of hydrogen-bond donors (Lipinski definition) is 0.